The summed E-state index contributed by atoms with van der Waals surface area (Å²) in [6.07, 6.45) is 6.78. The van der Waals surface area contributed by atoms with Gasteiger partial charge in [-0.3, -0.25) is 0 Å². The van der Waals surface area contributed by atoms with E-state index in [9.17, 15) is 0 Å². The van der Waals surface area contributed by atoms with Crippen molar-refractivity contribution in [3.05, 3.63) is 84.2 Å². The van der Waals surface area contributed by atoms with Gasteiger partial charge in [0.1, 0.15) is 6.10 Å². The van der Waals surface area contributed by atoms with Crippen LogP contribution in [-0.2, 0) is 6.42 Å². The molecule has 1 aliphatic rings. The zero-order valence-electron chi connectivity index (χ0n) is 21.0. The second-order valence-electron chi connectivity index (χ2n) is 7.49. The summed E-state index contributed by atoms with van der Waals surface area (Å²) in [6.45, 7) is 10.5. The molecule has 0 radical (unpaired) electrons. The molecule has 0 fully saturated rings. The largest absolute Gasteiger partial charge is 0.481 e. The molecule has 182 valence electrons. The molecule has 6 heteroatoms. The zero-order chi connectivity index (χ0) is 24.6. The molecule has 0 bridgehead atoms. The van der Waals surface area contributed by atoms with Crippen molar-refractivity contribution in [2.75, 3.05) is 32.1 Å². The molecule has 2 N–H and O–H groups in total. The number of methoxy groups -OCH3 is 1. The second-order valence-corrected chi connectivity index (χ2v) is 7.49. The van der Waals surface area contributed by atoms with E-state index in [4.69, 9.17) is 9.47 Å². The van der Waals surface area contributed by atoms with Crippen molar-refractivity contribution < 1.29 is 9.47 Å². The van der Waals surface area contributed by atoms with Crippen LogP contribution >= 0.6 is 0 Å². The molecule has 3 heterocycles. The molecule has 1 atom stereocenters. The van der Waals surface area contributed by atoms with Gasteiger partial charge in [-0.05, 0) is 49.6 Å². The summed E-state index contributed by atoms with van der Waals surface area (Å²) in [4.78, 5) is 8.68. The third kappa shape index (κ3) is 8.87. The first-order valence-corrected chi connectivity index (χ1v) is 11.9. The molecule has 3 aromatic rings. The Hall–Kier alpha value is -3.38. The Kier molecular flexibility index (Phi) is 12.2. The Morgan fingerprint density at radius 3 is 2.41 bits per heavy atom. The molecule has 0 aliphatic carbocycles. The topological polar surface area (TPSA) is 68.3 Å². The Labute approximate surface area is 204 Å². The highest BCUT2D eigenvalue weighted by Crippen LogP contribution is 2.29. The van der Waals surface area contributed by atoms with Crippen LogP contribution in [0.3, 0.4) is 0 Å². The van der Waals surface area contributed by atoms with Crippen LogP contribution in [0.4, 0.5) is 5.69 Å². The lowest BCUT2D eigenvalue weighted by Crippen LogP contribution is -2.40. The first kappa shape index (κ1) is 26.9. The normalized spacial score (nSPS) is 14.1. The number of pyridine rings is 2. The molecular weight excluding hydrogens is 424 g/mol. The summed E-state index contributed by atoms with van der Waals surface area (Å²) < 4.78 is 11.1. The van der Waals surface area contributed by atoms with Gasteiger partial charge in [0.25, 0.3) is 0 Å². The van der Waals surface area contributed by atoms with Crippen LogP contribution in [0.25, 0.3) is 5.57 Å². The smallest absolute Gasteiger partial charge is 0.237 e. The van der Waals surface area contributed by atoms with Gasteiger partial charge in [0.05, 0.1) is 19.3 Å². The van der Waals surface area contributed by atoms with E-state index in [1.807, 2.05) is 81.7 Å². The van der Waals surface area contributed by atoms with Crippen LogP contribution in [0.2, 0.25) is 0 Å². The molecule has 1 aromatic carbocycles. The molecule has 0 amide bonds. The van der Waals surface area contributed by atoms with E-state index in [-0.39, 0.29) is 6.10 Å². The highest BCUT2D eigenvalue weighted by Gasteiger charge is 2.20. The number of fused-ring (bicyclic) bond motifs is 1. The van der Waals surface area contributed by atoms with Crippen molar-refractivity contribution in [1.29, 1.82) is 0 Å². The van der Waals surface area contributed by atoms with Gasteiger partial charge in [-0.1, -0.05) is 62.4 Å². The molecule has 6 nitrogen and oxygen atoms in total. The van der Waals surface area contributed by atoms with E-state index in [1.54, 1.807) is 7.11 Å². The Morgan fingerprint density at radius 1 is 1.12 bits per heavy atom. The summed E-state index contributed by atoms with van der Waals surface area (Å²) in [5, 5.41) is 6.87. The van der Waals surface area contributed by atoms with Gasteiger partial charge in [0.2, 0.25) is 11.8 Å². The highest BCUT2D eigenvalue weighted by molar-refractivity contribution is 5.68. The van der Waals surface area contributed by atoms with Crippen molar-refractivity contribution in [2.45, 2.75) is 40.2 Å². The lowest BCUT2D eigenvalue weighted by Gasteiger charge is -2.27. The lowest BCUT2D eigenvalue weighted by atomic mass is 10.1. The average molecular weight is 463 g/mol. The predicted molar refractivity (Wildman–Crippen MR) is 142 cm³/mol. The number of hydrogen-bond acceptors (Lipinski definition) is 6. The fourth-order valence-corrected chi connectivity index (χ4v) is 3.15. The summed E-state index contributed by atoms with van der Waals surface area (Å²) in [5.41, 5.74) is 4.47. The Bertz CT molecular complexity index is 949. The number of anilines is 1. The van der Waals surface area contributed by atoms with Crippen molar-refractivity contribution in [3.8, 4) is 11.8 Å². The van der Waals surface area contributed by atoms with E-state index in [2.05, 4.69) is 39.7 Å². The monoisotopic (exact) mass is 462 g/mol. The van der Waals surface area contributed by atoms with Crippen LogP contribution < -0.4 is 20.1 Å². The van der Waals surface area contributed by atoms with Crippen LogP contribution in [-0.4, -0.2) is 42.8 Å². The minimum atomic E-state index is 0.0673. The quantitative estimate of drug-likeness (QED) is 0.444. The number of allylic oxidation sites excluding steroid dienone is 2. The zero-order valence-corrected chi connectivity index (χ0v) is 21.0. The van der Waals surface area contributed by atoms with Gasteiger partial charge in [0, 0.05) is 25.0 Å². The number of aromatic nitrogens is 2. The van der Waals surface area contributed by atoms with Gasteiger partial charge in [-0.2, -0.15) is 0 Å². The summed E-state index contributed by atoms with van der Waals surface area (Å²) in [6, 6.07) is 18.0. The SMILES string of the molecule is C/C=C(\C)c1cnc2c(c1)NCC(CNCCc1ccc(OC)nc1)O2.CC.c1ccccc1. The van der Waals surface area contributed by atoms with Crippen molar-refractivity contribution in [3.63, 3.8) is 0 Å². The molecule has 34 heavy (non-hydrogen) atoms. The molecule has 0 saturated carbocycles. The van der Waals surface area contributed by atoms with Gasteiger partial charge < -0.3 is 20.1 Å². The van der Waals surface area contributed by atoms with Crippen LogP contribution in [0, 0.1) is 0 Å². The third-order valence-electron chi connectivity index (χ3n) is 5.17. The number of benzene rings is 1. The molecule has 2 aromatic heterocycles. The first-order chi connectivity index (χ1) is 16.7. The number of nitrogens with one attached hydrogen (secondary N) is 2. The number of ether oxygens (including phenoxy) is 2. The van der Waals surface area contributed by atoms with Gasteiger partial charge in [-0.15, -0.1) is 0 Å². The Morgan fingerprint density at radius 2 is 1.82 bits per heavy atom. The van der Waals surface area contributed by atoms with Crippen LogP contribution in [0.15, 0.2) is 73.1 Å². The van der Waals surface area contributed by atoms with E-state index < -0.39 is 0 Å². The maximum atomic E-state index is 6.00. The fourth-order valence-electron chi connectivity index (χ4n) is 3.15. The van der Waals surface area contributed by atoms with Gasteiger partial charge >= 0.3 is 0 Å². The Balaban J connectivity index is 0.000000437. The van der Waals surface area contributed by atoms with E-state index >= 15 is 0 Å². The molecule has 1 unspecified atom stereocenters. The number of hydrogen-bond donors (Lipinski definition) is 2. The minimum Gasteiger partial charge on any atom is -0.481 e. The maximum Gasteiger partial charge on any atom is 0.237 e. The molecule has 4 rings (SSSR count). The lowest BCUT2D eigenvalue weighted by molar-refractivity contribution is 0.194. The highest BCUT2D eigenvalue weighted by atomic mass is 16.5. The summed E-state index contributed by atoms with van der Waals surface area (Å²) in [5.74, 6) is 1.32. The summed E-state index contributed by atoms with van der Waals surface area (Å²) >= 11 is 0. The molecular formula is C28H38N4O2. The van der Waals surface area contributed by atoms with E-state index in [1.165, 1.54) is 11.1 Å². The predicted octanol–water partition coefficient (Wildman–Crippen LogP) is 5.63. The molecule has 0 spiro atoms. The molecule has 0 saturated heterocycles. The number of nitrogens with zero attached hydrogens (tertiary/aromatic N) is 2. The van der Waals surface area contributed by atoms with Crippen LogP contribution in [0.1, 0.15) is 38.8 Å². The second kappa shape index (κ2) is 15.5. The molecule has 1 aliphatic heterocycles. The number of rotatable bonds is 7. The van der Waals surface area contributed by atoms with Gasteiger partial charge in [-0.25, -0.2) is 9.97 Å². The third-order valence-corrected chi connectivity index (χ3v) is 5.17. The van der Waals surface area contributed by atoms with Gasteiger partial charge in [0.15, 0.2) is 0 Å². The average Bonchev–Trinajstić information content (AvgIpc) is 2.93. The fraction of sp³-hybridized carbons (Fsp3) is 0.357. The minimum absolute atomic E-state index is 0.0673. The summed E-state index contributed by atoms with van der Waals surface area (Å²) in [7, 11) is 1.62. The van der Waals surface area contributed by atoms with Crippen molar-refractivity contribution in [2.24, 2.45) is 0 Å². The van der Waals surface area contributed by atoms with Crippen molar-refractivity contribution in [1.82, 2.24) is 15.3 Å². The van der Waals surface area contributed by atoms with Crippen molar-refractivity contribution >= 4 is 11.3 Å². The first-order valence-electron chi connectivity index (χ1n) is 11.9. The standard InChI is InChI=1S/C20H26N4O2.C6H6.C2H6/c1-4-14(2)16-9-18-20(24-11-16)26-17(13-22-18)12-21-8-7-15-5-6-19(25-3)23-10-15;1-2-4-6-5-3-1;1-2/h4-6,9-11,17,21-22H,7-8,12-13H2,1-3H3;1-6H;1-2H3/b14-4+;;. The maximum absolute atomic E-state index is 6.00. The van der Waals surface area contributed by atoms with E-state index in [0.717, 1.165) is 37.3 Å². The van der Waals surface area contributed by atoms with Crippen LogP contribution in [0.5, 0.6) is 11.8 Å². The van der Waals surface area contributed by atoms with E-state index in [0.29, 0.717) is 11.8 Å².